The average Bonchev–Trinajstić information content (AvgIpc) is 3.14. The Kier molecular flexibility index (Phi) is 5.12. The van der Waals surface area contributed by atoms with Gasteiger partial charge >= 0.3 is 0 Å². The number of rotatable bonds is 5. The minimum Gasteiger partial charge on any atom is -0.366 e. The predicted molar refractivity (Wildman–Crippen MR) is 116 cm³/mol. The average molecular weight is 405 g/mol. The summed E-state index contributed by atoms with van der Waals surface area (Å²) in [6, 6.07) is 10.7. The van der Waals surface area contributed by atoms with Crippen molar-refractivity contribution < 1.29 is 4.79 Å². The van der Waals surface area contributed by atoms with Crippen molar-refractivity contribution in [2.24, 2.45) is 5.73 Å². The smallest absolute Gasteiger partial charge is 0.251 e. The number of piperazine rings is 1. The van der Waals surface area contributed by atoms with Crippen LogP contribution in [0.25, 0.3) is 11.4 Å². The molecule has 0 saturated carbocycles. The fourth-order valence-corrected chi connectivity index (χ4v) is 4.94. The maximum atomic E-state index is 12.2. The molecule has 30 heavy (non-hydrogen) atoms. The van der Waals surface area contributed by atoms with E-state index in [-0.39, 0.29) is 5.91 Å². The van der Waals surface area contributed by atoms with Crippen molar-refractivity contribution >= 4 is 5.91 Å². The van der Waals surface area contributed by atoms with Gasteiger partial charge in [0.05, 0.1) is 5.56 Å². The van der Waals surface area contributed by atoms with E-state index in [1.54, 1.807) is 6.33 Å². The van der Waals surface area contributed by atoms with Gasteiger partial charge in [0, 0.05) is 32.7 Å². The van der Waals surface area contributed by atoms with E-state index in [2.05, 4.69) is 50.3 Å². The second-order valence-electron chi connectivity index (χ2n) is 8.28. The molecule has 0 unspecified atom stereocenters. The van der Waals surface area contributed by atoms with Crippen LogP contribution in [0.5, 0.6) is 0 Å². The third kappa shape index (κ3) is 3.43. The molecule has 1 fully saturated rings. The monoisotopic (exact) mass is 404 g/mol. The Morgan fingerprint density at radius 1 is 1.00 bits per heavy atom. The minimum atomic E-state index is -0.376. The molecule has 7 heteroatoms. The topological polar surface area (TPSA) is 80.3 Å². The van der Waals surface area contributed by atoms with Crippen molar-refractivity contribution in [1.82, 2.24) is 19.8 Å². The zero-order chi connectivity index (χ0) is 20.5. The summed E-state index contributed by atoms with van der Waals surface area (Å²) >= 11 is 0. The number of hydrogen-bond acceptors (Lipinski definition) is 5. The first-order chi connectivity index (χ1) is 14.7. The second-order valence-corrected chi connectivity index (χ2v) is 8.28. The van der Waals surface area contributed by atoms with Gasteiger partial charge in [-0.2, -0.15) is 4.79 Å². The van der Waals surface area contributed by atoms with Gasteiger partial charge in [-0.1, -0.05) is 30.3 Å². The standard InChI is InChI=1S/C23H28N6O/c24-23(30)20-18-8-4-5-9-19(18)22-21(20)25-16-26-29(22)28-14-12-27(13-15-28)11-10-17-6-2-1-3-7-17/h1-3,6-7,16H,4-5,8-15H2,(H2,24,30). The molecule has 5 rings (SSSR count). The third-order valence-corrected chi connectivity index (χ3v) is 6.49. The van der Waals surface area contributed by atoms with Crippen LogP contribution in [0.2, 0.25) is 0 Å². The van der Waals surface area contributed by atoms with Gasteiger partial charge in [0.2, 0.25) is 0 Å². The van der Waals surface area contributed by atoms with Crippen molar-refractivity contribution in [1.29, 1.82) is 0 Å². The molecule has 0 aromatic heterocycles. The summed E-state index contributed by atoms with van der Waals surface area (Å²) in [7, 11) is 0. The van der Waals surface area contributed by atoms with Crippen LogP contribution in [0, 0.1) is 0 Å². The number of primary amides is 1. The number of amides is 1. The molecule has 0 bridgehead atoms. The number of nitrogens with two attached hydrogens (primary N) is 1. The van der Waals surface area contributed by atoms with Crippen LogP contribution >= 0.6 is 0 Å². The summed E-state index contributed by atoms with van der Waals surface area (Å²) in [5, 5.41) is 6.87. The lowest BCUT2D eigenvalue weighted by Gasteiger charge is -2.37. The van der Waals surface area contributed by atoms with E-state index >= 15 is 0 Å². The van der Waals surface area contributed by atoms with Gasteiger partial charge in [0.25, 0.3) is 5.91 Å². The predicted octanol–water partition coefficient (Wildman–Crippen LogP) is 1.86. The Bertz CT molecular complexity index is 1010. The van der Waals surface area contributed by atoms with Crippen LogP contribution in [0.15, 0.2) is 36.7 Å². The molecule has 1 aromatic carbocycles. The minimum absolute atomic E-state index is 0.376. The number of aromatic nitrogens is 3. The molecule has 1 saturated heterocycles. The zero-order valence-electron chi connectivity index (χ0n) is 17.3. The van der Waals surface area contributed by atoms with E-state index < -0.39 is 0 Å². The van der Waals surface area contributed by atoms with Gasteiger partial charge in [-0.15, -0.1) is 5.10 Å². The summed E-state index contributed by atoms with van der Waals surface area (Å²) in [5.41, 5.74) is 11.8. The molecule has 156 valence electrons. The number of hydrogen-bond donors (Lipinski definition) is 1. The molecule has 2 heterocycles. The van der Waals surface area contributed by atoms with E-state index in [1.807, 2.05) is 4.79 Å². The van der Waals surface area contributed by atoms with Gasteiger partial charge in [-0.05, 0) is 48.8 Å². The van der Waals surface area contributed by atoms with Crippen molar-refractivity contribution in [2.45, 2.75) is 32.1 Å². The lowest BCUT2D eigenvalue weighted by molar-refractivity contribution is 0.1000. The molecular formula is C23H28N6O. The van der Waals surface area contributed by atoms with Gasteiger partial charge in [-0.3, -0.25) is 14.7 Å². The molecule has 2 N–H and O–H groups in total. The number of fused-ring (bicyclic) bond motifs is 3. The largest absolute Gasteiger partial charge is 0.366 e. The highest BCUT2D eigenvalue weighted by molar-refractivity contribution is 6.03. The van der Waals surface area contributed by atoms with Crippen LogP contribution in [-0.4, -0.2) is 58.4 Å². The fourth-order valence-electron chi connectivity index (χ4n) is 4.94. The molecular weight excluding hydrogens is 376 g/mol. The van der Waals surface area contributed by atoms with E-state index in [4.69, 9.17) is 5.73 Å². The summed E-state index contributed by atoms with van der Waals surface area (Å²) in [6.45, 7) is 4.86. The number of benzene rings is 1. The Hall–Kier alpha value is -2.93. The molecule has 4 aliphatic rings. The van der Waals surface area contributed by atoms with Crippen molar-refractivity contribution in [3.8, 4) is 11.4 Å². The third-order valence-electron chi connectivity index (χ3n) is 6.49. The van der Waals surface area contributed by atoms with Crippen LogP contribution in [0.4, 0.5) is 0 Å². The van der Waals surface area contributed by atoms with Gasteiger partial charge in [0.1, 0.15) is 17.7 Å². The Morgan fingerprint density at radius 3 is 2.47 bits per heavy atom. The molecule has 1 amide bonds. The first-order valence-corrected chi connectivity index (χ1v) is 10.9. The summed E-state index contributed by atoms with van der Waals surface area (Å²) < 4.78 is 0. The van der Waals surface area contributed by atoms with Crippen molar-refractivity contribution in [3.05, 3.63) is 58.9 Å². The van der Waals surface area contributed by atoms with Gasteiger partial charge in [-0.25, -0.2) is 4.98 Å². The zero-order valence-corrected chi connectivity index (χ0v) is 17.3. The summed E-state index contributed by atoms with van der Waals surface area (Å²) in [4.78, 5) is 21.2. The van der Waals surface area contributed by atoms with Gasteiger partial charge < -0.3 is 5.73 Å². The van der Waals surface area contributed by atoms with Crippen LogP contribution in [0.1, 0.15) is 39.9 Å². The Labute approximate surface area is 176 Å². The van der Waals surface area contributed by atoms with Gasteiger partial charge in [0.15, 0.2) is 0 Å². The lowest BCUT2D eigenvalue weighted by atomic mass is 9.93. The van der Waals surface area contributed by atoms with E-state index in [9.17, 15) is 4.79 Å². The highest BCUT2D eigenvalue weighted by Crippen LogP contribution is 2.39. The quantitative estimate of drug-likeness (QED) is 0.702. The molecule has 2 aliphatic heterocycles. The van der Waals surface area contributed by atoms with Crippen molar-refractivity contribution in [2.75, 3.05) is 37.7 Å². The molecule has 0 spiro atoms. The highest BCUT2D eigenvalue weighted by Gasteiger charge is 2.33. The van der Waals surface area contributed by atoms with Crippen molar-refractivity contribution in [3.63, 3.8) is 0 Å². The maximum Gasteiger partial charge on any atom is 0.251 e. The second kappa shape index (κ2) is 8.07. The SMILES string of the molecule is NC(=O)c1c2ncnn(N3CCN(CCc4ccccc4)CC3)c-2c2c1CCCC2. The summed E-state index contributed by atoms with van der Waals surface area (Å²) in [5.74, 6) is -0.376. The number of nitrogens with zero attached hydrogens (tertiary/aromatic N) is 5. The van der Waals surface area contributed by atoms with Crippen LogP contribution < -0.4 is 10.7 Å². The first kappa shape index (κ1) is 19.1. The first-order valence-electron chi connectivity index (χ1n) is 10.9. The lowest BCUT2D eigenvalue weighted by Crippen LogP contribution is -2.52. The maximum absolute atomic E-state index is 12.2. The van der Waals surface area contributed by atoms with Crippen LogP contribution in [0.3, 0.4) is 0 Å². The number of carbonyl (C=O) groups excluding carboxylic acids is 1. The van der Waals surface area contributed by atoms with E-state index in [1.165, 1.54) is 11.1 Å². The molecule has 1 aromatic rings. The van der Waals surface area contributed by atoms with E-state index in [0.29, 0.717) is 5.56 Å². The van der Waals surface area contributed by atoms with E-state index in [0.717, 1.165) is 81.8 Å². The molecule has 0 radical (unpaired) electrons. The Morgan fingerprint density at radius 2 is 1.73 bits per heavy atom. The fraction of sp³-hybridized carbons (Fsp3) is 0.435. The van der Waals surface area contributed by atoms with Crippen LogP contribution in [-0.2, 0) is 19.3 Å². The molecule has 2 aliphatic carbocycles. The molecule has 7 nitrogen and oxygen atoms in total. The molecule has 0 atom stereocenters. The Balaban J connectivity index is 1.35. The normalized spacial score (nSPS) is 17.3. The summed E-state index contributed by atoms with van der Waals surface area (Å²) in [6.07, 6.45) is 6.72. The highest BCUT2D eigenvalue weighted by atomic mass is 16.1. The number of carbonyl (C=O) groups is 1.